The molecule has 1 aromatic rings. The molecule has 0 bridgehead atoms. The zero-order valence-electron chi connectivity index (χ0n) is 9.63. The maximum Gasteiger partial charge on any atom is 0.471 e. The number of benzene rings is 1. The Morgan fingerprint density at radius 3 is 2.68 bits per heavy atom. The highest BCUT2D eigenvalue weighted by atomic mass is 79.9. The van der Waals surface area contributed by atoms with Crippen molar-refractivity contribution >= 4 is 21.8 Å². The standard InChI is InChI=1S/C12H9BrF3NO2/c13-8-2-1-7-4-19-11(9(7)3-8)5-17(6-11)10(18)12(14,15)16/h1-3H,4-6H2. The maximum atomic E-state index is 12.3. The molecule has 2 aliphatic rings. The average molecular weight is 336 g/mol. The van der Waals surface area contributed by atoms with Gasteiger partial charge in [0.15, 0.2) is 0 Å². The Morgan fingerprint density at radius 1 is 1.37 bits per heavy atom. The van der Waals surface area contributed by atoms with Gasteiger partial charge in [-0.15, -0.1) is 0 Å². The van der Waals surface area contributed by atoms with Crippen molar-refractivity contribution in [1.29, 1.82) is 0 Å². The fourth-order valence-electron chi connectivity index (χ4n) is 2.55. The van der Waals surface area contributed by atoms with Gasteiger partial charge in [-0.05, 0) is 23.3 Å². The third-order valence-electron chi connectivity index (χ3n) is 3.49. The van der Waals surface area contributed by atoms with Crippen LogP contribution in [0, 0.1) is 0 Å². The minimum absolute atomic E-state index is 0.0468. The molecule has 2 aliphatic heterocycles. The van der Waals surface area contributed by atoms with Crippen molar-refractivity contribution in [3.05, 3.63) is 33.8 Å². The van der Waals surface area contributed by atoms with Gasteiger partial charge in [0.05, 0.1) is 19.7 Å². The van der Waals surface area contributed by atoms with Gasteiger partial charge in [-0.2, -0.15) is 13.2 Å². The summed E-state index contributed by atoms with van der Waals surface area (Å²) in [7, 11) is 0. The minimum Gasteiger partial charge on any atom is -0.362 e. The van der Waals surface area contributed by atoms with Crippen LogP contribution in [0.3, 0.4) is 0 Å². The van der Waals surface area contributed by atoms with E-state index in [1.807, 2.05) is 18.2 Å². The lowest BCUT2D eigenvalue weighted by molar-refractivity contribution is -0.209. The number of amides is 1. The smallest absolute Gasteiger partial charge is 0.362 e. The highest BCUT2D eigenvalue weighted by molar-refractivity contribution is 9.10. The molecule has 1 aromatic carbocycles. The normalized spacial score (nSPS) is 20.3. The third kappa shape index (κ3) is 1.95. The molecule has 0 atom stereocenters. The summed E-state index contributed by atoms with van der Waals surface area (Å²) >= 11 is 3.33. The van der Waals surface area contributed by atoms with Crippen molar-refractivity contribution in [2.75, 3.05) is 13.1 Å². The largest absolute Gasteiger partial charge is 0.471 e. The number of nitrogens with zero attached hydrogens (tertiary/aromatic N) is 1. The number of carbonyl (C=O) groups excluding carboxylic acids is 1. The molecule has 0 aromatic heterocycles. The van der Waals surface area contributed by atoms with E-state index in [-0.39, 0.29) is 13.1 Å². The number of halogens is 4. The van der Waals surface area contributed by atoms with Crippen LogP contribution in [0.2, 0.25) is 0 Å². The summed E-state index contributed by atoms with van der Waals surface area (Å²) in [5.74, 6) is -1.80. The molecule has 1 amide bonds. The van der Waals surface area contributed by atoms with Crippen molar-refractivity contribution in [3.8, 4) is 0 Å². The Morgan fingerprint density at radius 2 is 2.05 bits per heavy atom. The van der Waals surface area contributed by atoms with Gasteiger partial charge in [-0.25, -0.2) is 0 Å². The second-order valence-electron chi connectivity index (χ2n) is 4.74. The van der Waals surface area contributed by atoms with E-state index in [0.717, 1.165) is 20.5 Å². The number of alkyl halides is 3. The van der Waals surface area contributed by atoms with Crippen LogP contribution in [-0.4, -0.2) is 30.1 Å². The van der Waals surface area contributed by atoms with Gasteiger partial charge < -0.3 is 9.64 Å². The van der Waals surface area contributed by atoms with Crippen LogP contribution in [0.4, 0.5) is 13.2 Å². The molecule has 0 saturated carbocycles. The Balaban J connectivity index is 1.82. The number of hydrogen-bond acceptors (Lipinski definition) is 2. The Bertz CT molecular complexity index is 552. The zero-order valence-corrected chi connectivity index (χ0v) is 11.2. The lowest BCUT2D eigenvalue weighted by atomic mass is 9.85. The van der Waals surface area contributed by atoms with Crippen LogP contribution in [0.15, 0.2) is 22.7 Å². The van der Waals surface area contributed by atoms with E-state index >= 15 is 0 Å². The zero-order chi connectivity index (χ0) is 13.8. The summed E-state index contributed by atoms with van der Waals surface area (Å²) in [6, 6.07) is 5.58. The molecule has 3 nitrogen and oxygen atoms in total. The number of hydrogen-bond donors (Lipinski definition) is 0. The maximum absolute atomic E-state index is 12.3. The highest BCUT2D eigenvalue weighted by Gasteiger charge is 2.56. The predicted octanol–water partition coefficient (Wildman–Crippen LogP) is 2.58. The fourth-order valence-corrected chi connectivity index (χ4v) is 2.91. The summed E-state index contributed by atoms with van der Waals surface area (Å²) in [6.07, 6.45) is -4.82. The number of carbonyl (C=O) groups is 1. The van der Waals surface area contributed by atoms with Crippen LogP contribution in [-0.2, 0) is 21.7 Å². The first-order valence-electron chi connectivity index (χ1n) is 5.61. The van der Waals surface area contributed by atoms with Crippen LogP contribution >= 0.6 is 15.9 Å². The van der Waals surface area contributed by atoms with E-state index in [0.29, 0.717) is 6.61 Å². The van der Waals surface area contributed by atoms with E-state index < -0.39 is 17.7 Å². The molecule has 2 heterocycles. The molecule has 19 heavy (non-hydrogen) atoms. The first-order valence-corrected chi connectivity index (χ1v) is 6.40. The summed E-state index contributed by atoms with van der Waals surface area (Å²) in [5, 5.41) is 0. The molecule has 0 aliphatic carbocycles. The SMILES string of the molecule is O=C(N1CC2(C1)OCc1ccc(Br)cc12)C(F)(F)F. The van der Waals surface area contributed by atoms with Crippen molar-refractivity contribution in [2.24, 2.45) is 0 Å². The minimum atomic E-state index is -4.82. The lowest BCUT2D eigenvalue weighted by Gasteiger charge is -2.47. The van der Waals surface area contributed by atoms with E-state index in [9.17, 15) is 18.0 Å². The molecule has 7 heteroatoms. The molecule has 0 N–H and O–H groups in total. The van der Waals surface area contributed by atoms with E-state index in [1.165, 1.54) is 0 Å². The van der Waals surface area contributed by atoms with Crippen molar-refractivity contribution in [3.63, 3.8) is 0 Å². The lowest BCUT2D eigenvalue weighted by Crippen LogP contribution is -2.63. The van der Waals surface area contributed by atoms with Crippen LogP contribution < -0.4 is 0 Å². The molecule has 1 fully saturated rings. The quantitative estimate of drug-likeness (QED) is 0.729. The van der Waals surface area contributed by atoms with Gasteiger partial charge >= 0.3 is 12.1 Å². The number of fused-ring (bicyclic) bond motifs is 2. The van der Waals surface area contributed by atoms with Crippen LogP contribution in [0.1, 0.15) is 11.1 Å². The number of ether oxygens (including phenoxy) is 1. The van der Waals surface area contributed by atoms with Crippen molar-refractivity contribution < 1.29 is 22.7 Å². The van der Waals surface area contributed by atoms with Gasteiger partial charge in [0.25, 0.3) is 0 Å². The monoisotopic (exact) mass is 335 g/mol. The average Bonchev–Trinajstić information content (AvgIpc) is 2.63. The Labute approximate surface area is 115 Å². The molecule has 102 valence electrons. The van der Waals surface area contributed by atoms with Gasteiger partial charge in [0.1, 0.15) is 5.60 Å². The van der Waals surface area contributed by atoms with Crippen LogP contribution in [0.25, 0.3) is 0 Å². The van der Waals surface area contributed by atoms with Gasteiger partial charge in [0, 0.05) is 4.47 Å². The number of rotatable bonds is 0. The second kappa shape index (κ2) is 3.96. The first kappa shape index (κ1) is 12.9. The van der Waals surface area contributed by atoms with Crippen LogP contribution in [0.5, 0.6) is 0 Å². The second-order valence-corrected chi connectivity index (χ2v) is 5.66. The first-order chi connectivity index (χ1) is 8.82. The fraction of sp³-hybridized carbons (Fsp3) is 0.417. The van der Waals surface area contributed by atoms with Gasteiger partial charge in [-0.1, -0.05) is 22.0 Å². The van der Waals surface area contributed by atoms with E-state index in [1.54, 1.807) is 0 Å². The third-order valence-corrected chi connectivity index (χ3v) is 3.98. The van der Waals surface area contributed by atoms with Crippen molar-refractivity contribution in [2.45, 2.75) is 18.4 Å². The van der Waals surface area contributed by atoms with Gasteiger partial charge in [-0.3, -0.25) is 4.79 Å². The van der Waals surface area contributed by atoms with E-state index in [4.69, 9.17) is 4.74 Å². The summed E-state index contributed by atoms with van der Waals surface area (Å²) < 4.78 is 43.4. The van der Waals surface area contributed by atoms with Gasteiger partial charge in [0.2, 0.25) is 0 Å². The molecule has 0 unspecified atom stereocenters. The Kier molecular flexibility index (Phi) is 2.69. The molecule has 0 radical (unpaired) electrons. The summed E-state index contributed by atoms with van der Waals surface area (Å²) in [5.41, 5.74) is 1.07. The molecule has 1 saturated heterocycles. The van der Waals surface area contributed by atoms with Crippen molar-refractivity contribution in [1.82, 2.24) is 4.90 Å². The topological polar surface area (TPSA) is 29.5 Å². The number of likely N-dealkylation sites (tertiary alicyclic amines) is 1. The molecule has 1 spiro atoms. The van der Waals surface area contributed by atoms with E-state index in [2.05, 4.69) is 15.9 Å². The summed E-state index contributed by atoms with van der Waals surface area (Å²) in [4.78, 5) is 11.9. The highest BCUT2D eigenvalue weighted by Crippen LogP contribution is 2.45. The molecular weight excluding hydrogens is 327 g/mol. The Hall–Kier alpha value is -1.08. The summed E-state index contributed by atoms with van der Waals surface area (Å²) in [6.45, 7) is 0.278. The molecule has 3 rings (SSSR count). The predicted molar refractivity (Wildman–Crippen MR) is 63.2 cm³/mol. The molecular formula is C12H9BrF3NO2.